The Balaban J connectivity index is 0.00000442. The number of aromatic nitrogens is 1. The van der Waals surface area contributed by atoms with Gasteiger partial charge in [0.15, 0.2) is 11.3 Å². The second-order valence-electron chi connectivity index (χ2n) is 11.2. The number of halogens is 2. The van der Waals surface area contributed by atoms with Crippen LogP contribution < -0.4 is 15.5 Å². The molecule has 1 saturated heterocycles. The largest absolute Gasteiger partial charge is 0.482 e. The fourth-order valence-corrected chi connectivity index (χ4v) is 5.89. The summed E-state index contributed by atoms with van der Waals surface area (Å²) in [5, 5.41) is 6.58. The molecule has 1 fully saturated rings. The van der Waals surface area contributed by atoms with Crippen LogP contribution in [0.15, 0.2) is 34.3 Å². The number of fused-ring (bicyclic) bond motifs is 5. The molecule has 1 aromatic heterocycles. The van der Waals surface area contributed by atoms with E-state index in [1.165, 1.54) is 23.9 Å². The van der Waals surface area contributed by atoms with Gasteiger partial charge < -0.3 is 29.1 Å². The van der Waals surface area contributed by atoms with Gasteiger partial charge in [0.2, 0.25) is 17.1 Å². The summed E-state index contributed by atoms with van der Waals surface area (Å²) in [4.78, 5) is 61.6. The highest BCUT2D eigenvalue weighted by atomic mass is 19.1. The van der Waals surface area contributed by atoms with Gasteiger partial charge in [0.1, 0.15) is 17.2 Å². The van der Waals surface area contributed by atoms with Crippen LogP contribution in [0.3, 0.4) is 0 Å². The van der Waals surface area contributed by atoms with Gasteiger partial charge in [0.25, 0.3) is 11.8 Å². The molecule has 11 nitrogen and oxygen atoms in total. The standard InChI is InChI=1S/C30H34F2N4O7.H2/c1-4-5-6-7-24(37)42-27-25-29(40)35-16-22(30(11-10-17(35)2)13-23(41-3)34-43-30)36(25)15-20(26(27)38)28(39)33-14-18-8-9-19(31)12-21(18)32;/h8-9,12,15,17,22H,4-7,10-11,13-14,16H2,1-3H3,(H,33,39);1H/t17-,22+,30-;/m0./s1. The van der Waals surface area contributed by atoms with Crippen LogP contribution in [0.4, 0.5) is 8.78 Å². The molecule has 232 valence electrons. The van der Waals surface area contributed by atoms with E-state index in [0.717, 1.165) is 18.9 Å². The van der Waals surface area contributed by atoms with Gasteiger partial charge in [-0.05, 0) is 32.3 Å². The predicted octanol–water partition coefficient (Wildman–Crippen LogP) is 4.09. The third-order valence-electron chi connectivity index (χ3n) is 8.40. The predicted molar refractivity (Wildman–Crippen MR) is 152 cm³/mol. The molecule has 3 aliphatic heterocycles. The molecule has 2 amide bonds. The van der Waals surface area contributed by atoms with Gasteiger partial charge in [0, 0.05) is 44.8 Å². The molecule has 1 spiro atoms. The minimum Gasteiger partial charge on any atom is -0.482 e. The third-order valence-corrected chi connectivity index (χ3v) is 8.40. The molecule has 2 bridgehead atoms. The van der Waals surface area contributed by atoms with E-state index < -0.39 is 57.8 Å². The monoisotopic (exact) mass is 602 g/mol. The zero-order valence-corrected chi connectivity index (χ0v) is 24.3. The molecule has 13 heteroatoms. The quantitative estimate of drug-likeness (QED) is 0.356. The van der Waals surface area contributed by atoms with Crippen molar-refractivity contribution in [1.82, 2.24) is 14.8 Å². The summed E-state index contributed by atoms with van der Waals surface area (Å²) >= 11 is 0. The Morgan fingerprint density at radius 2 is 2.05 bits per heavy atom. The Labute approximate surface area is 248 Å². The second-order valence-corrected chi connectivity index (χ2v) is 11.2. The first-order chi connectivity index (χ1) is 20.6. The Kier molecular flexibility index (Phi) is 8.52. The Morgan fingerprint density at radius 3 is 2.74 bits per heavy atom. The molecule has 5 rings (SSSR count). The molecule has 0 unspecified atom stereocenters. The van der Waals surface area contributed by atoms with Crippen LogP contribution in [-0.2, 0) is 20.9 Å². The molecule has 0 aliphatic carbocycles. The number of benzene rings is 1. The number of amides is 2. The summed E-state index contributed by atoms with van der Waals surface area (Å²) < 4.78 is 40.0. The molecule has 3 aliphatic rings. The molecule has 2 aromatic rings. The van der Waals surface area contributed by atoms with Gasteiger partial charge in [-0.3, -0.25) is 19.2 Å². The fourth-order valence-electron chi connectivity index (χ4n) is 5.89. The Hall–Kier alpha value is -4.29. The van der Waals surface area contributed by atoms with E-state index in [1.807, 2.05) is 13.8 Å². The topological polar surface area (TPSA) is 129 Å². The van der Waals surface area contributed by atoms with Crippen LogP contribution in [-0.4, -0.2) is 58.4 Å². The first-order valence-corrected chi connectivity index (χ1v) is 14.4. The van der Waals surface area contributed by atoms with Crippen molar-refractivity contribution in [3.8, 4) is 5.75 Å². The summed E-state index contributed by atoms with van der Waals surface area (Å²) in [5.41, 5.74) is -2.49. The number of nitrogens with one attached hydrogen (secondary N) is 1. The maximum atomic E-state index is 14.2. The van der Waals surface area contributed by atoms with Crippen LogP contribution in [0.2, 0.25) is 0 Å². The van der Waals surface area contributed by atoms with Crippen LogP contribution in [0.1, 0.15) is 92.7 Å². The average molecular weight is 603 g/mol. The lowest BCUT2D eigenvalue weighted by molar-refractivity contribution is -0.134. The number of methoxy groups -OCH3 is 1. The van der Waals surface area contributed by atoms with Crippen LogP contribution in [0, 0.1) is 11.6 Å². The molecular weight excluding hydrogens is 566 g/mol. The summed E-state index contributed by atoms with van der Waals surface area (Å²) in [6.07, 6.45) is 4.76. The number of rotatable bonds is 8. The number of carbonyl (C=O) groups excluding carboxylic acids is 3. The number of esters is 1. The molecule has 4 heterocycles. The third kappa shape index (κ3) is 5.72. The SMILES string of the molecule is CCCCCC(=O)Oc1c2n(cc(C(=O)NCc3ccc(F)cc3F)c1=O)[C@@H]1CN(C2=O)[C@@H](C)CC[C@]12CC(OC)=NO2.[HH]. The lowest BCUT2D eigenvalue weighted by atomic mass is 9.85. The van der Waals surface area contributed by atoms with Gasteiger partial charge in [-0.15, -0.1) is 0 Å². The van der Waals surface area contributed by atoms with E-state index in [9.17, 15) is 28.0 Å². The zero-order valence-electron chi connectivity index (χ0n) is 24.3. The summed E-state index contributed by atoms with van der Waals surface area (Å²) in [6.45, 7) is 3.71. The van der Waals surface area contributed by atoms with Crippen molar-refractivity contribution in [2.75, 3.05) is 13.7 Å². The van der Waals surface area contributed by atoms with Crippen LogP contribution in [0.25, 0.3) is 0 Å². The van der Waals surface area contributed by atoms with Crippen molar-refractivity contribution in [3.05, 3.63) is 63.1 Å². The van der Waals surface area contributed by atoms with Crippen molar-refractivity contribution in [2.24, 2.45) is 5.16 Å². The van der Waals surface area contributed by atoms with Crippen LogP contribution >= 0.6 is 0 Å². The molecular formula is C30H36F2N4O7. The number of ether oxygens (including phenoxy) is 2. The molecule has 1 aromatic carbocycles. The van der Waals surface area contributed by atoms with E-state index in [1.54, 1.807) is 4.90 Å². The van der Waals surface area contributed by atoms with Gasteiger partial charge >= 0.3 is 5.97 Å². The first-order valence-electron chi connectivity index (χ1n) is 14.4. The van der Waals surface area contributed by atoms with E-state index in [2.05, 4.69) is 10.5 Å². The number of nitrogens with zero attached hydrogens (tertiary/aromatic N) is 3. The Bertz CT molecular complexity index is 1550. The molecule has 3 atom stereocenters. The Morgan fingerprint density at radius 1 is 1.26 bits per heavy atom. The number of hydrogen-bond acceptors (Lipinski definition) is 8. The van der Waals surface area contributed by atoms with Crippen molar-refractivity contribution in [2.45, 2.75) is 83.0 Å². The normalized spacial score (nSPS) is 22.4. The van der Waals surface area contributed by atoms with Gasteiger partial charge in [0.05, 0.1) is 19.6 Å². The number of hydrogen-bond donors (Lipinski definition) is 1. The summed E-state index contributed by atoms with van der Waals surface area (Å²) in [5.74, 6) is -3.93. The first kappa shape index (κ1) is 30.2. The van der Waals surface area contributed by atoms with Gasteiger partial charge in [-0.2, -0.15) is 0 Å². The lowest BCUT2D eigenvalue weighted by Gasteiger charge is -2.41. The lowest BCUT2D eigenvalue weighted by Crippen LogP contribution is -2.52. The summed E-state index contributed by atoms with van der Waals surface area (Å²) in [6, 6.07) is 2.07. The van der Waals surface area contributed by atoms with E-state index in [-0.39, 0.29) is 44.7 Å². The van der Waals surface area contributed by atoms with E-state index in [0.29, 0.717) is 31.2 Å². The molecule has 0 saturated carbocycles. The number of carbonyl (C=O) groups is 3. The maximum Gasteiger partial charge on any atom is 0.311 e. The zero-order chi connectivity index (χ0) is 30.9. The van der Waals surface area contributed by atoms with Gasteiger partial charge in [-0.25, -0.2) is 8.78 Å². The highest BCUT2D eigenvalue weighted by Crippen LogP contribution is 2.46. The van der Waals surface area contributed by atoms with Crippen LogP contribution in [0.5, 0.6) is 5.75 Å². The number of unbranched alkanes of at least 4 members (excludes halogenated alkanes) is 2. The van der Waals surface area contributed by atoms with E-state index in [4.69, 9.17) is 14.3 Å². The number of oxime groups is 1. The number of pyridine rings is 1. The van der Waals surface area contributed by atoms with Crippen molar-refractivity contribution >= 4 is 23.7 Å². The summed E-state index contributed by atoms with van der Waals surface area (Å²) in [7, 11) is 1.48. The fraction of sp³-hybridized carbons (Fsp3) is 0.500. The van der Waals surface area contributed by atoms with Crippen molar-refractivity contribution in [1.29, 1.82) is 0 Å². The highest BCUT2D eigenvalue weighted by molar-refractivity contribution is 6.00. The highest BCUT2D eigenvalue weighted by Gasteiger charge is 2.55. The van der Waals surface area contributed by atoms with E-state index >= 15 is 0 Å². The minimum atomic E-state index is -0.966. The van der Waals surface area contributed by atoms with Gasteiger partial charge in [-0.1, -0.05) is 31.0 Å². The molecule has 1 N–H and O–H groups in total. The molecule has 43 heavy (non-hydrogen) atoms. The second kappa shape index (κ2) is 12.1. The smallest absolute Gasteiger partial charge is 0.311 e. The maximum absolute atomic E-state index is 14.2. The van der Waals surface area contributed by atoms with Crippen molar-refractivity contribution in [3.63, 3.8) is 0 Å². The molecule has 0 radical (unpaired) electrons. The van der Waals surface area contributed by atoms with Crippen molar-refractivity contribution < 1.29 is 38.9 Å². The average Bonchev–Trinajstić information content (AvgIpc) is 3.36. The minimum absolute atomic E-state index is 0.